The summed E-state index contributed by atoms with van der Waals surface area (Å²) in [7, 11) is 0. The molecule has 320 valence electrons. The van der Waals surface area contributed by atoms with Crippen molar-refractivity contribution in [1.29, 1.82) is 0 Å². The van der Waals surface area contributed by atoms with Gasteiger partial charge in [0.25, 0.3) is 0 Å². The Morgan fingerprint density at radius 3 is 1.53 bits per heavy atom. The normalized spacial score (nSPS) is 12.8. The second-order valence-electron chi connectivity index (χ2n) is 17.7. The SMILES string of the molecule is C1=C(c2ccccc2)CCC(c2cc(-c3cccc(-c4ccc5c(c4)c4ccccc4n5-c4cccc(-c5ccc6c7ccccc7n(-c7ccccc7)c6c5)c4)c3)nc(-c3ccccc3)n2)=C1. The molecule has 68 heavy (non-hydrogen) atoms. The van der Waals surface area contributed by atoms with Crippen LogP contribution in [0.1, 0.15) is 24.1 Å². The molecule has 4 nitrogen and oxygen atoms in total. The fraction of sp³-hybridized carbons (Fsp3) is 0.0312. The van der Waals surface area contributed by atoms with E-state index in [4.69, 9.17) is 9.97 Å². The van der Waals surface area contributed by atoms with Crippen LogP contribution in [0, 0.1) is 0 Å². The Morgan fingerprint density at radius 2 is 0.779 bits per heavy atom. The Balaban J connectivity index is 0.882. The van der Waals surface area contributed by atoms with Crippen LogP contribution in [-0.2, 0) is 0 Å². The lowest BCUT2D eigenvalue weighted by atomic mass is 9.91. The van der Waals surface area contributed by atoms with Gasteiger partial charge in [-0.3, -0.25) is 0 Å². The Labute approximate surface area is 395 Å². The monoisotopic (exact) mass is 868 g/mol. The highest BCUT2D eigenvalue weighted by Crippen LogP contribution is 2.40. The lowest BCUT2D eigenvalue weighted by Crippen LogP contribution is -2.01. The minimum absolute atomic E-state index is 0.733. The van der Waals surface area contributed by atoms with Gasteiger partial charge in [-0.1, -0.05) is 176 Å². The quantitative estimate of drug-likeness (QED) is 0.153. The van der Waals surface area contributed by atoms with Crippen LogP contribution in [0.3, 0.4) is 0 Å². The number of benzene rings is 9. The molecule has 0 bridgehead atoms. The van der Waals surface area contributed by atoms with Crippen LogP contribution in [0.15, 0.2) is 243 Å². The van der Waals surface area contributed by atoms with Gasteiger partial charge >= 0.3 is 0 Å². The molecule has 3 heterocycles. The van der Waals surface area contributed by atoms with Crippen molar-refractivity contribution < 1.29 is 0 Å². The van der Waals surface area contributed by atoms with Crippen molar-refractivity contribution in [2.24, 2.45) is 0 Å². The first-order valence-corrected chi connectivity index (χ1v) is 23.4. The van der Waals surface area contributed by atoms with E-state index in [0.29, 0.717) is 0 Å². The second-order valence-corrected chi connectivity index (χ2v) is 17.7. The van der Waals surface area contributed by atoms with Gasteiger partial charge in [-0.2, -0.15) is 0 Å². The zero-order valence-corrected chi connectivity index (χ0v) is 37.3. The summed E-state index contributed by atoms with van der Waals surface area (Å²) in [5.41, 5.74) is 19.5. The standard InChI is InChI=1S/C64H44N4/c1-4-16-43(17-5-1)44-30-32-45(33-31-44)58-42-59(66-64(65-58)46-18-6-2-7-19-46)51-22-14-20-47(38-51)49-35-37-62-57(40-49)55-27-11-13-29-61(55)68(62)53-25-15-21-48(39-53)50-34-36-56-54-26-10-12-28-60(54)67(63(56)41-50)52-23-8-3-9-24-52/h1-30,32,34-42H,31,33H2. The zero-order chi connectivity index (χ0) is 45.0. The Kier molecular flexibility index (Phi) is 9.61. The summed E-state index contributed by atoms with van der Waals surface area (Å²) in [6.45, 7) is 0. The largest absolute Gasteiger partial charge is 0.309 e. The summed E-state index contributed by atoms with van der Waals surface area (Å²) < 4.78 is 4.80. The maximum absolute atomic E-state index is 5.21. The average Bonchev–Trinajstić information content (AvgIpc) is 3.94. The maximum atomic E-state index is 5.21. The Morgan fingerprint density at radius 1 is 0.279 bits per heavy atom. The maximum Gasteiger partial charge on any atom is 0.160 e. The van der Waals surface area contributed by atoms with E-state index >= 15 is 0 Å². The molecule has 0 unspecified atom stereocenters. The van der Waals surface area contributed by atoms with Crippen LogP contribution >= 0.6 is 0 Å². The van der Waals surface area contributed by atoms with E-state index in [1.54, 1.807) is 0 Å². The lowest BCUT2D eigenvalue weighted by molar-refractivity contribution is 1.04. The molecule has 0 atom stereocenters. The molecule has 1 aliphatic carbocycles. The number of nitrogens with zero attached hydrogens (tertiary/aromatic N) is 4. The van der Waals surface area contributed by atoms with Crippen LogP contribution in [0.25, 0.3) is 111 Å². The molecule has 1 aliphatic rings. The molecule has 0 amide bonds. The number of fused-ring (bicyclic) bond motifs is 6. The molecule has 0 spiro atoms. The third-order valence-corrected chi connectivity index (χ3v) is 13.7. The van der Waals surface area contributed by atoms with Crippen LogP contribution in [0.5, 0.6) is 0 Å². The number of hydrogen-bond donors (Lipinski definition) is 0. The van der Waals surface area contributed by atoms with E-state index in [9.17, 15) is 0 Å². The third kappa shape index (κ3) is 6.94. The van der Waals surface area contributed by atoms with Crippen molar-refractivity contribution in [1.82, 2.24) is 19.1 Å². The number of hydrogen-bond acceptors (Lipinski definition) is 2. The number of para-hydroxylation sites is 3. The smallest absolute Gasteiger partial charge is 0.160 e. The first-order chi connectivity index (χ1) is 33.7. The van der Waals surface area contributed by atoms with E-state index in [0.717, 1.165) is 63.7 Å². The van der Waals surface area contributed by atoms with Crippen molar-refractivity contribution in [3.8, 4) is 56.3 Å². The van der Waals surface area contributed by atoms with Crippen molar-refractivity contribution in [3.63, 3.8) is 0 Å². The van der Waals surface area contributed by atoms with Gasteiger partial charge in [-0.15, -0.1) is 0 Å². The highest BCUT2D eigenvalue weighted by Gasteiger charge is 2.19. The van der Waals surface area contributed by atoms with Gasteiger partial charge in [0, 0.05) is 44.0 Å². The second kappa shape index (κ2) is 16.5. The first-order valence-electron chi connectivity index (χ1n) is 23.4. The molecule has 0 saturated carbocycles. The van der Waals surface area contributed by atoms with Gasteiger partial charge in [0.2, 0.25) is 0 Å². The molecule has 12 aromatic rings. The summed E-state index contributed by atoms with van der Waals surface area (Å²) in [6, 6.07) is 83.0. The minimum atomic E-state index is 0.733. The Hall–Kier alpha value is -8.86. The fourth-order valence-corrected chi connectivity index (χ4v) is 10.3. The molecular formula is C64H44N4. The summed E-state index contributed by atoms with van der Waals surface area (Å²) >= 11 is 0. The first kappa shape index (κ1) is 39.5. The molecule has 13 rings (SSSR count). The van der Waals surface area contributed by atoms with Crippen LogP contribution < -0.4 is 0 Å². The van der Waals surface area contributed by atoms with E-state index in [1.807, 2.05) is 6.07 Å². The van der Waals surface area contributed by atoms with Gasteiger partial charge in [0.1, 0.15) is 0 Å². The number of allylic oxidation sites excluding steroid dienone is 4. The van der Waals surface area contributed by atoms with Crippen LogP contribution in [-0.4, -0.2) is 19.1 Å². The minimum Gasteiger partial charge on any atom is -0.309 e. The highest BCUT2D eigenvalue weighted by atomic mass is 15.0. The average molecular weight is 869 g/mol. The molecular weight excluding hydrogens is 825 g/mol. The molecule has 4 heteroatoms. The predicted molar refractivity (Wildman–Crippen MR) is 284 cm³/mol. The van der Waals surface area contributed by atoms with Crippen LogP contribution in [0.2, 0.25) is 0 Å². The molecule has 3 aromatic heterocycles. The molecule has 9 aromatic carbocycles. The Bertz CT molecular complexity index is 3950. The third-order valence-electron chi connectivity index (χ3n) is 13.7. The summed E-state index contributed by atoms with van der Waals surface area (Å²) in [5, 5.41) is 4.94. The van der Waals surface area contributed by atoms with E-state index in [1.165, 1.54) is 71.4 Å². The van der Waals surface area contributed by atoms with Gasteiger partial charge in [0.05, 0.1) is 33.5 Å². The van der Waals surface area contributed by atoms with Crippen molar-refractivity contribution >= 4 is 54.8 Å². The number of rotatable bonds is 8. The summed E-state index contributed by atoms with van der Waals surface area (Å²) in [6.07, 6.45) is 6.39. The molecule has 0 aliphatic heterocycles. The van der Waals surface area contributed by atoms with Gasteiger partial charge < -0.3 is 9.13 Å². The van der Waals surface area contributed by atoms with Gasteiger partial charge in [-0.05, 0) is 119 Å². The molecule has 0 saturated heterocycles. The van der Waals surface area contributed by atoms with Crippen LogP contribution in [0.4, 0.5) is 0 Å². The lowest BCUT2D eigenvalue weighted by Gasteiger charge is -2.16. The topological polar surface area (TPSA) is 35.6 Å². The van der Waals surface area contributed by atoms with E-state index < -0.39 is 0 Å². The molecule has 0 radical (unpaired) electrons. The molecule has 0 N–H and O–H groups in total. The zero-order valence-electron chi connectivity index (χ0n) is 37.3. The van der Waals surface area contributed by atoms with Gasteiger partial charge in [0.15, 0.2) is 5.82 Å². The summed E-state index contributed by atoms with van der Waals surface area (Å²) in [5.74, 6) is 0.733. The predicted octanol–water partition coefficient (Wildman–Crippen LogP) is 16.6. The molecule has 0 fully saturated rings. The number of aromatic nitrogens is 4. The fourth-order valence-electron chi connectivity index (χ4n) is 10.3. The summed E-state index contributed by atoms with van der Waals surface area (Å²) in [4.78, 5) is 10.4. The van der Waals surface area contributed by atoms with Crippen molar-refractivity contribution in [3.05, 3.63) is 254 Å². The van der Waals surface area contributed by atoms with Gasteiger partial charge in [-0.25, -0.2) is 9.97 Å². The highest BCUT2D eigenvalue weighted by molar-refractivity contribution is 6.12. The van der Waals surface area contributed by atoms with E-state index in [2.05, 4.69) is 246 Å². The van der Waals surface area contributed by atoms with Crippen molar-refractivity contribution in [2.45, 2.75) is 12.8 Å². The van der Waals surface area contributed by atoms with Crippen molar-refractivity contribution in [2.75, 3.05) is 0 Å². The van der Waals surface area contributed by atoms with E-state index in [-0.39, 0.29) is 0 Å².